The number of ether oxygens (including phenoxy) is 1. The number of hydrogen-bond donors (Lipinski definition) is 4. The van der Waals surface area contributed by atoms with Crippen LogP contribution < -0.4 is 21.3 Å². The molecule has 0 aliphatic carbocycles. The van der Waals surface area contributed by atoms with Gasteiger partial charge in [0, 0.05) is 31.9 Å². The van der Waals surface area contributed by atoms with Gasteiger partial charge in [-0.25, -0.2) is 4.98 Å². The van der Waals surface area contributed by atoms with Gasteiger partial charge in [-0.05, 0) is 49.7 Å². The van der Waals surface area contributed by atoms with Crippen LogP contribution in [0.4, 0.5) is 17.3 Å². The highest BCUT2D eigenvalue weighted by Gasteiger charge is 2.28. The number of aromatic nitrogens is 1. The highest BCUT2D eigenvalue weighted by Crippen LogP contribution is 2.32. The first-order valence-corrected chi connectivity index (χ1v) is 9.09. The monoisotopic (exact) mass is 369 g/mol. The molecular formula is C20H27N5O2. The SMILES string of the molecule is CNC(CNc1nc(Nc2cccc(C)c2)c2c(c1C)CNC2=O)COC. The summed E-state index contributed by atoms with van der Waals surface area (Å²) in [7, 11) is 3.59. The number of fused-ring (bicyclic) bond motifs is 1. The standard InChI is InChI=1S/C20H27N5O2/c1-12-6-5-7-14(8-12)24-19-17-16(10-23-20(17)26)13(2)18(25-19)22-9-15(21-3)11-27-4/h5-8,15,21H,9-11H2,1-4H3,(H,23,26)(H2,22,24,25). The van der Waals surface area contributed by atoms with E-state index >= 15 is 0 Å². The van der Waals surface area contributed by atoms with Crippen LogP contribution in [-0.4, -0.2) is 44.2 Å². The van der Waals surface area contributed by atoms with Crippen molar-refractivity contribution < 1.29 is 9.53 Å². The van der Waals surface area contributed by atoms with Crippen LogP contribution in [0.5, 0.6) is 0 Å². The number of amides is 1. The fraction of sp³-hybridized carbons (Fsp3) is 0.400. The summed E-state index contributed by atoms with van der Waals surface area (Å²) in [6.07, 6.45) is 0. The fourth-order valence-electron chi connectivity index (χ4n) is 3.23. The molecule has 0 radical (unpaired) electrons. The van der Waals surface area contributed by atoms with Crippen LogP contribution in [0.25, 0.3) is 0 Å². The highest BCUT2D eigenvalue weighted by atomic mass is 16.5. The Morgan fingerprint density at radius 2 is 2.11 bits per heavy atom. The third kappa shape index (κ3) is 4.20. The second kappa shape index (κ2) is 8.37. The van der Waals surface area contributed by atoms with Crippen molar-refractivity contribution in [3.05, 3.63) is 46.5 Å². The van der Waals surface area contributed by atoms with E-state index in [0.717, 1.165) is 28.2 Å². The highest BCUT2D eigenvalue weighted by molar-refractivity contribution is 6.04. The molecule has 1 aliphatic rings. The molecule has 0 saturated heterocycles. The second-order valence-corrected chi connectivity index (χ2v) is 6.79. The maximum atomic E-state index is 12.4. The molecule has 1 atom stereocenters. The zero-order chi connectivity index (χ0) is 19.4. The number of aryl methyl sites for hydroxylation is 1. The molecule has 1 unspecified atom stereocenters. The van der Waals surface area contributed by atoms with Gasteiger partial charge in [0.15, 0.2) is 0 Å². The minimum Gasteiger partial charge on any atom is -0.383 e. The molecule has 1 amide bonds. The molecular weight excluding hydrogens is 342 g/mol. The molecule has 3 rings (SSSR count). The molecule has 0 fully saturated rings. The summed E-state index contributed by atoms with van der Waals surface area (Å²) in [5.74, 6) is 1.26. The van der Waals surface area contributed by atoms with Gasteiger partial charge in [0.2, 0.25) is 0 Å². The number of nitrogens with zero attached hydrogens (tertiary/aromatic N) is 1. The van der Waals surface area contributed by atoms with E-state index in [9.17, 15) is 4.79 Å². The fourth-order valence-corrected chi connectivity index (χ4v) is 3.23. The van der Waals surface area contributed by atoms with Crippen molar-refractivity contribution in [1.82, 2.24) is 15.6 Å². The van der Waals surface area contributed by atoms with Crippen molar-refractivity contribution in [3.63, 3.8) is 0 Å². The molecule has 7 nitrogen and oxygen atoms in total. The van der Waals surface area contributed by atoms with E-state index in [4.69, 9.17) is 9.72 Å². The van der Waals surface area contributed by atoms with Gasteiger partial charge >= 0.3 is 0 Å². The largest absolute Gasteiger partial charge is 0.383 e. The number of pyridine rings is 1. The van der Waals surface area contributed by atoms with Gasteiger partial charge in [-0.1, -0.05) is 12.1 Å². The molecule has 1 aliphatic heterocycles. The normalized spacial score (nSPS) is 13.9. The van der Waals surface area contributed by atoms with Crippen LogP contribution >= 0.6 is 0 Å². The van der Waals surface area contributed by atoms with Crippen molar-refractivity contribution in [2.45, 2.75) is 26.4 Å². The van der Waals surface area contributed by atoms with Crippen LogP contribution in [0.2, 0.25) is 0 Å². The predicted octanol–water partition coefficient (Wildman–Crippen LogP) is 2.33. The molecule has 144 valence electrons. The van der Waals surface area contributed by atoms with Crippen LogP contribution in [0, 0.1) is 13.8 Å². The Kier molecular flexibility index (Phi) is 5.93. The van der Waals surface area contributed by atoms with Crippen LogP contribution in [-0.2, 0) is 11.3 Å². The first-order chi connectivity index (χ1) is 13.0. The number of carbonyl (C=O) groups is 1. The topological polar surface area (TPSA) is 87.3 Å². The Balaban J connectivity index is 1.92. The van der Waals surface area contributed by atoms with Crippen molar-refractivity contribution in [3.8, 4) is 0 Å². The van der Waals surface area contributed by atoms with E-state index < -0.39 is 0 Å². The molecule has 0 saturated carbocycles. The van der Waals surface area contributed by atoms with E-state index in [-0.39, 0.29) is 11.9 Å². The van der Waals surface area contributed by atoms with Crippen LogP contribution in [0.15, 0.2) is 24.3 Å². The lowest BCUT2D eigenvalue weighted by molar-refractivity contribution is 0.0966. The number of carbonyl (C=O) groups excluding carboxylic acids is 1. The number of benzene rings is 1. The van der Waals surface area contributed by atoms with Crippen molar-refractivity contribution in [2.75, 3.05) is 37.9 Å². The first-order valence-electron chi connectivity index (χ1n) is 9.09. The second-order valence-electron chi connectivity index (χ2n) is 6.79. The zero-order valence-corrected chi connectivity index (χ0v) is 16.3. The Morgan fingerprint density at radius 3 is 2.81 bits per heavy atom. The zero-order valence-electron chi connectivity index (χ0n) is 16.3. The number of nitrogens with one attached hydrogen (secondary N) is 4. The summed E-state index contributed by atoms with van der Waals surface area (Å²) in [6.45, 7) is 5.82. The lowest BCUT2D eigenvalue weighted by atomic mass is 10.1. The quantitative estimate of drug-likeness (QED) is 0.571. The van der Waals surface area contributed by atoms with Crippen LogP contribution in [0.3, 0.4) is 0 Å². The maximum Gasteiger partial charge on any atom is 0.255 e. The van der Waals surface area contributed by atoms with E-state index in [1.807, 2.05) is 45.2 Å². The molecule has 1 aromatic heterocycles. The van der Waals surface area contributed by atoms with Crippen LogP contribution in [0.1, 0.15) is 27.0 Å². The van der Waals surface area contributed by atoms with Gasteiger partial charge in [-0.3, -0.25) is 4.79 Å². The molecule has 0 bridgehead atoms. The summed E-state index contributed by atoms with van der Waals surface area (Å²) in [5, 5.41) is 12.8. The smallest absolute Gasteiger partial charge is 0.255 e. The van der Waals surface area contributed by atoms with E-state index in [2.05, 4.69) is 21.3 Å². The number of methoxy groups -OCH3 is 1. The minimum atomic E-state index is -0.0882. The Bertz CT molecular complexity index is 837. The average molecular weight is 369 g/mol. The van der Waals surface area contributed by atoms with Gasteiger partial charge in [-0.2, -0.15) is 0 Å². The van der Waals surface area contributed by atoms with E-state index in [1.165, 1.54) is 0 Å². The third-order valence-corrected chi connectivity index (χ3v) is 4.80. The van der Waals surface area contributed by atoms with Crippen molar-refractivity contribution in [1.29, 1.82) is 0 Å². The molecule has 0 spiro atoms. The molecule has 4 N–H and O–H groups in total. The van der Waals surface area contributed by atoms with E-state index in [0.29, 0.717) is 31.1 Å². The van der Waals surface area contributed by atoms with Crippen molar-refractivity contribution in [2.24, 2.45) is 0 Å². The molecule has 1 aromatic carbocycles. The molecule has 27 heavy (non-hydrogen) atoms. The molecule has 7 heteroatoms. The molecule has 2 aromatic rings. The van der Waals surface area contributed by atoms with Gasteiger partial charge < -0.3 is 26.0 Å². The number of hydrogen-bond acceptors (Lipinski definition) is 6. The summed E-state index contributed by atoms with van der Waals surface area (Å²) >= 11 is 0. The minimum absolute atomic E-state index is 0.0882. The first kappa shape index (κ1) is 19.1. The molecule has 2 heterocycles. The van der Waals surface area contributed by atoms with Gasteiger partial charge in [0.1, 0.15) is 11.6 Å². The Morgan fingerprint density at radius 1 is 1.30 bits per heavy atom. The third-order valence-electron chi connectivity index (χ3n) is 4.80. The number of likely N-dealkylation sites (N-methyl/N-ethyl adjacent to an activating group) is 1. The summed E-state index contributed by atoms with van der Waals surface area (Å²) < 4.78 is 5.23. The number of anilines is 3. The maximum absolute atomic E-state index is 12.4. The summed E-state index contributed by atoms with van der Waals surface area (Å²) in [4.78, 5) is 17.1. The summed E-state index contributed by atoms with van der Waals surface area (Å²) in [5.41, 5.74) is 4.65. The predicted molar refractivity (Wildman–Crippen MR) is 108 cm³/mol. The lowest BCUT2D eigenvalue weighted by Gasteiger charge is -2.19. The number of rotatable bonds is 8. The Hall–Kier alpha value is -2.64. The van der Waals surface area contributed by atoms with Crippen molar-refractivity contribution >= 4 is 23.2 Å². The van der Waals surface area contributed by atoms with E-state index in [1.54, 1.807) is 7.11 Å². The van der Waals surface area contributed by atoms with Gasteiger partial charge in [0.25, 0.3) is 5.91 Å². The lowest BCUT2D eigenvalue weighted by Crippen LogP contribution is -2.36. The summed E-state index contributed by atoms with van der Waals surface area (Å²) in [6, 6.07) is 8.18. The Labute approximate surface area is 159 Å². The van der Waals surface area contributed by atoms with Gasteiger partial charge in [-0.15, -0.1) is 0 Å². The average Bonchev–Trinajstić information content (AvgIpc) is 3.04. The van der Waals surface area contributed by atoms with Gasteiger partial charge in [0.05, 0.1) is 12.2 Å².